The zero-order valence-electron chi connectivity index (χ0n) is 6.67. The number of halogens is 3. The molecule has 0 fully saturated rings. The van der Waals surface area contributed by atoms with Gasteiger partial charge in [0.05, 0.1) is 10.6 Å². The van der Waals surface area contributed by atoms with E-state index in [1.165, 1.54) is 18.2 Å². The van der Waals surface area contributed by atoms with Gasteiger partial charge in [0.15, 0.2) is 0 Å². The van der Waals surface area contributed by atoms with Crippen molar-refractivity contribution in [3.05, 3.63) is 32.9 Å². The zero-order chi connectivity index (χ0) is 10.1. The Morgan fingerprint density at radius 2 is 2.21 bits per heavy atom. The predicted molar refractivity (Wildman–Crippen MR) is 57.4 cm³/mol. The number of aromatic nitrogens is 2. The van der Waals surface area contributed by atoms with Gasteiger partial charge in [-0.25, -0.2) is 4.39 Å². The van der Waals surface area contributed by atoms with E-state index in [4.69, 9.17) is 16.1 Å². The van der Waals surface area contributed by atoms with Crippen molar-refractivity contribution in [2.45, 2.75) is 0 Å². The molecule has 0 N–H and O–H groups in total. The minimum absolute atomic E-state index is 0.255. The first-order valence-corrected chi connectivity index (χ1v) is 5.07. The van der Waals surface area contributed by atoms with Gasteiger partial charge in [0.2, 0.25) is 3.83 Å². The van der Waals surface area contributed by atoms with E-state index in [9.17, 15) is 4.39 Å². The Morgan fingerprint density at radius 3 is 2.79 bits per heavy atom. The standard InChI is InChI=1S/C8H3ClFIN2O/c9-6-3-4(10)1-2-5(6)7-12-8(11)13-14-7/h1-3H. The minimum Gasteiger partial charge on any atom is -0.333 e. The lowest BCUT2D eigenvalue weighted by Gasteiger charge is -1.97. The second kappa shape index (κ2) is 3.82. The van der Waals surface area contributed by atoms with Crippen molar-refractivity contribution in [1.29, 1.82) is 0 Å². The molecule has 0 amide bonds. The van der Waals surface area contributed by atoms with Crippen molar-refractivity contribution in [3.8, 4) is 11.5 Å². The van der Waals surface area contributed by atoms with E-state index in [1.807, 2.05) is 22.6 Å². The molecule has 0 unspecified atom stereocenters. The maximum absolute atomic E-state index is 12.7. The van der Waals surface area contributed by atoms with E-state index >= 15 is 0 Å². The molecule has 2 aromatic rings. The SMILES string of the molecule is Fc1ccc(-c2nc(I)no2)c(Cl)c1. The van der Waals surface area contributed by atoms with Gasteiger partial charge in [-0.05, 0) is 18.2 Å². The second-order valence-electron chi connectivity index (χ2n) is 2.49. The Balaban J connectivity index is 2.52. The molecule has 0 aliphatic heterocycles. The smallest absolute Gasteiger partial charge is 0.260 e. The lowest BCUT2D eigenvalue weighted by Crippen LogP contribution is -1.81. The number of hydrogen-bond acceptors (Lipinski definition) is 3. The molecule has 1 aromatic carbocycles. The number of hydrogen-bond donors (Lipinski definition) is 0. The molecular weight excluding hydrogens is 321 g/mol. The molecule has 0 spiro atoms. The molecule has 1 heterocycles. The van der Waals surface area contributed by atoms with Gasteiger partial charge >= 0.3 is 0 Å². The van der Waals surface area contributed by atoms with Gasteiger partial charge in [-0.3, -0.25) is 0 Å². The maximum Gasteiger partial charge on any atom is 0.260 e. The second-order valence-corrected chi connectivity index (χ2v) is 3.86. The summed E-state index contributed by atoms with van der Waals surface area (Å²) < 4.78 is 18.1. The quantitative estimate of drug-likeness (QED) is 0.757. The summed E-state index contributed by atoms with van der Waals surface area (Å²) in [6.07, 6.45) is 0. The fraction of sp³-hybridized carbons (Fsp3) is 0. The van der Waals surface area contributed by atoms with Crippen LogP contribution in [0.4, 0.5) is 4.39 Å². The summed E-state index contributed by atoms with van der Waals surface area (Å²) in [6, 6.07) is 3.99. The van der Waals surface area contributed by atoms with Gasteiger partial charge in [0.25, 0.3) is 5.89 Å². The van der Waals surface area contributed by atoms with Gasteiger partial charge in [-0.2, -0.15) is 4.98 Å². The van der Waals surface area contributed by atoms with Gasteiger partial charge in [-0.1, -0.05) is 16.8 Å². The third kappa shape index (κ3) is 1.88. The van der Waals surface area contributed by atoms with Crippen LogP contribution >= 0.6 is 34.2 Å². The molecule has 0 saturated carbocycles. The average Bonchev–Trinajstić information content (AvgIpc) is 2.51. The first-order valence-electron chi connectivity index (χ1n) is 3.61. The van der Waals surface area contributed by atoms with E-state index in [0.29, 0.717) is 15.3 Å². The highest BCUT2D eigenvalue weighted by molar-refractivity contribution is 14.1. The molecule has 0 saturated heterocycles. The number of benzene rings is 1. The molecule has 6 heteroatoms. The Labute approximate surface area is 97.4 Å². The molecule has 0 aliphatic rings. The van der Waals surface area contributed by atoms with Gasteiger partial charge in [0, 0.05) is 22.6 Å². The van der Waals surface area contributed by atoms with Crippen molar-refractivity contribution >= 4 is 34.2 Å². The van der Waals surface area contributed by atoms with Gasteiger partial charge in [-0.15, -0.1) is 0 Å². The van der Waals surface area contributed by atoms with Crippen LogP contribution in [0, 0.1) is 9.65 Å². The summed E-state index contributed by atoms with van der Waals surface area (Å²) in [5.41, 5.74) is 0.531. The highest BCUT2D eigenvalue weighted by atomic mass is 127. The molecule has 0 radical (unpaired) electrons. The molecule has 3 nitrogen and oxygen atoms in total. The van der Waals surface area contributed by atoms with E-state index in [0.717, 1.165) is 0 Å². The predicted octanol–water partition coefficient (Wildman–Crippen LogP) is 3.13. The third-order valence-corrected chi connectivity index (χ3v) is 2.31. The summed E-state index contributed by atoms with van der Waals surface area (Å²) in [7, 11) is 0. The summed E-state index contributed by atoms with van der Waals surface area (Å²) in [6.45, 7) is 0. The van der Waals surface area contributed by atoms with Crippen LogP contribution < -0.4 is 0 Å². The summed E-state index contributed by atoms with van der Waals surface area (Å²) in [5, 5.41) is 3.86. The van der Waals surface area contributed by atoms with Crippen molar-refractivity contribution in [2.75, 3.05) is 0 Å². The summed E-state index contributed by atoms with van der Waals surface area (Å²) in [5.74, 6) is -0.104. The lowest BCUT2D eigenvalue weighted by atomic mass is 10.2. The minimum atomic E-state index is -0.395. The van der Waals surface area contributed by atoms with Crippen molar-refractivity contribution in [1.82, 2.24) is 10.1 Å². The topological polar surface area (TPSA) is 38.9 Å². The molecule has 14 heavy (non-hydrogen) atoms. The Hall–Kier alpha value is -0.690. The largest absolute Gasteiger partial charge is 0.333 e. The molecule has 2 rings (SSSR count). The number of nitrogens with zero attached hydrogens (tertiary/aromatic N) is 2. The van der Waals surface area contributed by atoms with E-state index in [1.54, 1.807) is 0 Å². The molecule has 72 valence electrons. The van der Waals surface area contributed by atoms with Crippen LogP contribution in [0.3, 0.4) is 0 Å². The Bertz CT molecular complexity index is 474. The van der Waals surface area contributed by atoms with Crippen LogP contribution in [0.5, 0.6) is 0 Å². The highest BCUT2D eigenvalue weighted by Crippen LogP contribution is 2.27. The Morgan fingerprint density at radius 1 is 1.43 bits per heavy atom. The molecule has 1 aromatic heterocycles. The van der Waals surface area contributed by atoms with Gasteiger partial charge in [0.1, 0.15) is 5.82 Å². The van der Waals surface area contributed by atoms with E-state index < -0.39 is 5.82 Å². The van der Waals surface area contributed by atoms with E-state index in [-0.39, 0.29) is 5.02 Å². The molecule has 0 bridgehead atoms. The van der Waals surface area contributed by atoms with Crippen LogP contribution in [0.15, 0.2) is 22.7 Å². The average molecular weight is 324 g/mol. The lowest BCUT2D eigenvalue weighted by molar-refractivity contribution is 0.426. The first-order chi connectivity index (χ1) is 6.66. The van der Waals surface area contributed by atoms with Crippen LogP contribution in [0.1, 0.15) is 0 Å². The number of rotatable bonds is 1. The molecule has 0 atom stereocenters. The highest BCUT2D eigenvalue weighted by Gasteiger charge is 2.11. The van der Waals surface area contributed by atoms with Crippen LogP contribution in [0.25, 0.3) is 11.5 Å². The monoisotopic (exact) mass is 324 g/mol. The van der Waals surface area contributed by atoms with Crippen molar-refractivity contribution in [3.63, 3.8) is 0 Å². The normalized spacial score (nSPS) is 10.5. The van der Waals surface area contributed by atoms with Crippen LogP contribution in [-0.4, -0.2) is 10.1 Å². The third-order valence-electron chi connectivity index (χ3n) is 1.56. The zero-order valence-corrected chi connectivity index (χ0v) is 9.58. The molecule has 0 aliphatic carbocycles. The summed E-state index contributed by atoms with van der Waals surface area (Å²) in [4.78, 5) is 3.97. The van der Waals surface area contributed by atoms with Crippen molar-refractivity contribution in [2.24, 2.45) is 0 Å². The van der Waals surface area contributed by atoms with Crippen LogP contribution in [-0.2, 0) is 0 Å². The summed E-state index contributed by atoms with van der Waals surface area (Å²) >= 11 is 7.72. The van der Waals surface area contributed by atoms with Crippen molar-refractivity contribution < 1.29 is 8.91 Å². The van der Waals surface area contributed by atoms with Crippen LogP contribution in [0.2, 0.25) is 5.02 Å². The maximum atomic E-state index is 12.7. The first kappa shape index (κ1) is 9.85. The van der Waals surface area contributed by atoms with Gasteiger partial charge < -0.3 is 4.52 Å². The fourth-order valence-electron chi connectivity index (χ4n) is 0.978. The Kier molecular flexibility index (Phi) is 2.69. The molecular formula is C8H3ClFIN2O. The van der Waals surface area contributed by atoms with E-state index in [2.05, 4.69) is 10.1 Å². The fourth-order valence-corrected chi connectivity index (χ4v) is 1.54.